The van der Waals surface area contributed by atoms with Crippen LogP contribution in [0.4, 0.5) is 0 Å². The number of rotatable bonds is 7. The molecule has 0 atom stereocenters. The molecule has 3 aliphatic rings. The zero-order chi connectivity index (χ0) is 25.4. The molecule has 8 nitrogen and oxygen atoms in total. The number of aryl methyl sites for hydroxylation is 1. The van der Waals surface area contributed by atoms with Gasteiger partial charge in [-0.1, -0.05) is 11.6 Å². The molecule has 1 saturated heterocycles. The highest BCUT2D eigenvalue weighted by atomic mass is 35.5. The van der Waals surface area contributed by atoms with E-state index in [1.54, 1.807) is 17.7 Å². The number of thiazole rings is 1. The quantitative estimate of drug-likeness (QED) is 0.314. The highest BCUT2D eigenvalue weighted by Crippen LogP contribution is 2.49. The fourth-order valence-electron chi connectivity index (χ4n) is 5.76. The van der Waals surface area contributed by atoms with Gasteiger partial charge < -0.3 is 18.9 Å². The number of aromatic nitrogens is 5. The molecule has 1 aliphatic heterocycles. The van der Waals surface area contributed by atoms with Crippen LogP contribution in [-0.4, -0.2) is 61.2 Å². The Labute approximate surface area is 224 Å². The van der Waals surface area contributed by atoms with Crippen molar-refractivity contribution in [1.29, 1.82) is 0 Å². The number of nitrogens with zero attached hydrogens (tertiary/aromatic N) is 6. The second kappa shape index (κ2) is 8.38. The molecule has 2 aliphatic carbocycles. The standard InChI is InChI=1S/C27H29ClN6O2S/c1-16-11-29-21(37-16)12-34-23(32-22-24(34)30-15-31-25(22)36-26(2)6-7-26)19-5-4-17(8-20(19)28)35-18-9-27(10-18)13-33(3)14-27/h4-5,8,11,15,18H,6-7,9-10,12-14H2,1-3H3. The lowest BCUT2D eigenvalue weighted by Crippen LogP contribution is -2.63. The normalized spacial score (nSPS) is 20.1. The molecule has 0 N–H and O–H groups in total. The molecule has 10 heteroatoms. The van der Waals surface area contributed by atoms with Crippen LogP contribution in [0.15, 0.2) is 30.7 Å². The van der Waals surface area contributed by atoms with E-state index in [0.717, 1.165) is 46.9 Å². The molecule has 4 aromatic rings. The molecule has 1 spiro atoms. The van der Waals surface area contributed by atoms with Gasteiger partial charge in [-0.2, -0.15) is 4.98 Å². The zero-order valence-corrected chi connectivity index (χ0v) is 22.8. The molecule has 3 fully saturated rings. The molecule has 0 unspecified atom stereocenters. The van der Waals surface area contributed by atoms with Gasteiger partial charge in [0, 0.05) is 35.1 Å². The van der Waals surface area contributed by atoms with Crippen molar-refractivity contribution in [3.05, 3.63) is 45.6 Å². The van der Waals surface area contributed by atoms with Crippen LogP contribution in [0.5, 0.6) is 11.6 Å². The molecule has 37 heavy (non-hydrogen) atoms. The predicted molar refractivity (Wildman–Crippen MR) is 144 cm³/mol. The van der Waals surface area contributed by atoms with Gasteiger partial charge in [-0.05, 0) is 64.8 Å². The molecular formula is C27H29ClN6O2S. The van der Waals surface area contributed by atoms with E-state index in [4.69, 9.17) is 26.1 Å². The Morgan fingerprint density at radius 3 is 2.65 bits per heavy atom. The van der Waals surface area contributed by atoms with Gasteiger partial charge in [0.05, 0.1) is 17.7 Å². The molecule has 7 rings (SSSR count). The summed E-state index contributed by atoms with van der Waals surface area (Å²) >= 11 is 8.53. The summed E-state index contributed by atoms with van der Waals surface area (Å²) in [7, 11) is 2.17. The van der Waals surface area contributed by atoms with E-state index < -0.39 is 0 Å². The van der Waals surface area contributed by atoms with E-state index in [9.17, 15) is 0 Å². The first kappa shape index (κ1) is 23.4. The van der Waals surface area contributed by atoms with Crippen molar-refractivity contribution in [2.45, 2.75) is 57.8 Å². The Morgan fingerprint density at radius 1 is 1.16 bits per heavy atom. The Balaban J connectivity index is 1.22. The van der Waals surface area contributed by atoms with Gasteiger partial charge in [0.1, 0.15) is 28.5 Å². The van der Waals surface area contributed by atoms with Crippen molar-refractivity contribution >= 4 is 34.1 Å². The second-order valence-corrected chi connectivity index (χ2v) is 13.0. The summed E-state index contributed by atoms with van der Waals surface area (Å²) < 4.78 is 14.6. The Kier molecular flexibility index (Phi) is 5.29. The molecular weight excluding hydrogens is 508 g/mol. The highest BCUT2D eigenvalue weighted by molar-refractivity contribution is 7.11. The maximum Gasteiger partial charge on any atom is 0.245 e. The largest absolute Gasteiger partial charge is 0.490 e. The molecule has 0 radical (unpaired) electrons. The van der Waals surface area contributed by atoms with E-state index >= 15 is 0 Å². The van der Waals surface area contributed by atoms with Gasteiger partial charge in [0.15, 0.2) is 11.2 Å². The summed E-state index contributed by atoms with van der Waals surface area (Å²) in [6.07, 6.45) is 7.93. The molecule has 4 heterocycles. The van der Waals surface area contributed by atoms with Crippen LogP contribution in [0, 0.1) is 12.3 Å². The lowest BCUT2D eigenvalue weighted by Gasteiger charge is -2.57. The van der Waals surface area contributed by atoms with E-state index in [1.807, 2.05) is 24.4 Å². The average molecular weight is 537 g/mol. The van der Waals surface area contributed by atoms with Crippen LogP contribution in [-0.2, 0) is 6.54 Å². The van der Waals surface area contributed by atoms with Crippen molar-refractivity contribution in [2.75, 3.05) is 20.1 Å². The summed E-state index contributed by atoms with van der Waals surface area (Å²) in [6, 6.07) is 5.88. The first-order chi connectivity index (χ1) is 17.8. The number of ether oxygens (including phenoxy) is 2. The monoisotopic (exact) mass is 536 g/mol. The van der Waals surface area contributed by atoms with E-state index in [2.05, 4.69) is 45.3 Å². The van der Waals surface area contributed by atoms with Crippen molar-refractivity contribution in [2.24, 2.45) is 5.41 Å². The Hall–Kier alpha value is -2.75. The van der Waals surface area contributed by atoms with Crippen LogP contribution < -0.4 is 9.47 Å². The average Bonchev–Trinajstić information content (AvgIpc) is 3.22. The fraction of sp³-hybridized carbons (Fsp3) is 0.481. The van der Waals surface area contributed by atoms with Crippen LogP contribution >= 0.6 is 22.9 Å². The first-order valence-corrected chi connectivity index (χ1v) is 13.9. The summed E-state index contributed by atoms with van der Waals surface area (Å²) in [4.78, 5) is 22.1. The van der Waals surface area contributed by atoms with Crippen LogP contribution in [0.2, 0.25) is 5.02 Å². The minimum atomic E-state index is -0.177. The van der Waals surface area contributed by atoms with E-state index in [-0.39, 0.29) is 11.7 Å². The maximum absolute atomic E-state index is 6.86. The van der Waals surface area contributed by atoms with Crippen molar-refractivity contribution in [1.82, 2.24) is 29.4 Å². The molecule has 2 saturated carbocycles. The van der Waals surface area contributed by atoms with Crippen LogP contribution in [0.25, 0.3) is 22.6 Å². The van der Waals surface area contributed by atoms with Gasteiger partial charge >= 0.3 is 0 Å². The van der Waals surface area contributed by atoms with Gasteiger partial charge in [0.25, 0.3) is 0 Å². The number of hydrogen-bond donors (Lipinski definition) is 0. The Bertz CT molecular complexity index is 1500. The summed E-state index contributed by atoms with van der Waals surface area (Å²) in [6.45, 7) is 7.04. The highest BCUT2D eigenvalue weighted by Gasteiger charge is 2.52. The number of benzene rings is 1. The van der Waals surface area contributed by atoms with Crippen molar-refractivity contribution in [3.63, 3.8) is 0 Å². The Morgan fingerprint density at radius 2 is 1.97 bits per heavy atom. The molecule has 3 aromatic heterocycles. The third kappa shape index (κ3) is 4.27. The first-order valence-electron chi connectivity index (χ1n) is 12.7. The molecule has 192 valence electrons. The second-order valence-electron chi connectivity index (χ2n) is 11.3. The number of hydrogen-bond acceptors (Lipinski definition) is 8. The summed E-state index contributed by atoms with van der Waals surface area (Å²) in [5.41, 5.74) is 2.46. The van der Waals surface area contributed by atoms with Crippen molar-refractivity contribution in [3.8, 4) is 23.0 Å². The lowest BCUT2D eigenvalue weighted by molar-refractivity contribution is -0.109. The number of fused-ring (bicyclic) bond motifs is 1. The van der Waals surface area contributed by atoms with E-state index in [1.165, 1.54) is 13.1 Å². The molecule has 1 aromatic carbocycles. The van der Waals surface area contributed by atoms with E-state index in [0.29, 0.717) is 39.9 Å². The van der Waals surface area contributed by atoms with Crippen LogP contribution in [0.3, 0.4) is 0 Å². The number of likely N-dealkylation sites (tertiary alicyclic amines) is 1. The maximum atomic E-state index is 6.86. The molecule has 0 bridgehead atoms. The van der Waals surface area contributed by atoms with Gasteiger partial charge in [-0.3, -0.25) is 0 Å². The fourth-order valence-corrected chi connectivity index (χ4v) is 6.79. The SMILES string of the molecule is Cc1cnc(Cn2c(-c3ccc(OC4CC5(C4)CN(C)C5)cc3Cl)nc3c(OC4(C)CC4)ncnc32)s1. The number of halogens is 1. The third-order valence-electron chi connectivity index (χ3n) is 7.77. The number of imidazole rings is 1. The summed E-state index contributed by atoms with van der Waals surface area (Å²) in [5, 5.41) is 1.57. The lowest BCUT2D eigenvalue weighted by atomic mass is 9.62. The van der Waals surface area contributed by atoms with Gasteiger partial charge in [0.2, 0.25) is 5.88 Å². The zero-order valence-electron chi connectivity index (χ0n) is 21.2. The minimum absolute atomic E-state index is 0.177. The minimum Gasteiger partial charge on any atom is -0.490 e. The van der Waals surface area contributed by atoms with Gasteiger partial charge in [-0.15, -0.1) is 11.3 Å². The molecule has 0 amide bonds. The smallest absolute Gasteiger partial charge is 0.245 e. The topological polar surface area (TPSA) is 78.2 Å². The third-order valence-corrected chi connectivity index (χ3v) is 8.98. The van der Waals surface area contributed by atoms with Crippen LogP contribution in [0.1, 0.15) is 42.5 Å². The van der Waals surface area contributed by atoms with Crippen molar-refractivity contribution < 1.29 is 9.47 Å². The van der Waals surface area contributed by atoms with Gasteiger partial charge in [-0.25, -0.2) is 15.0 Å². The predicted octanol–water partition coefficient (Wildman–Crippen LogP) is 5.36. The summed E-state index contributed by atoms with van der Waals surface area (Å²) in [5.74, 6) is 2.02.